The third-order valence-electron chi connectivity index (χ3n) is 0. The van der Waals surface area contributed by atoms with E-state index >= 15 is 0 Å². The van der Waals surface area contributed by atoms with Gasteiger partial charge in [-0.2, -0.15) is 0 Å². The molecule has 0 heterocycles. The first kappa shape index (κ1) is 15.8. The number of rotatable bonds is 0. The Balaban J connectivity index is -0.0000000480. The summed E-state index contributed by atoms with van der Waals surface area (Å²) in [6, 6.07) is 0. The van der Waals surface area contributed by atoms with E-state index in [0.29, 0.717) is 21.7 Å². The van der Waals surface area contributed by atoms with Crippen LogP contribution in [0.3, 0.4) is 0 Å². The van der Waals surface area contributed by atoms with Crippen molar-refractivity contribution in [2.24, 2.45) is 0 Å². The first-order chi connectivity index (χ1) is 2.73. The molecule has 0 spiro atoms. The van der Waals surface area contributed by atoms with E-state index in [1.807, 2.05) is 0 Å². The topological polar surface area (TPSA) is 77.4 Å². The van der Waals surface area contributed by atoms with Crippen LogP contribution in [-0.2, 0) is 3.17 Å². The van der Waals surface area contributed by atoms with Crippen LogP contribution in [0.15, 0.2) is 0 Å². The van der Waals surface area contributed by atoms with E-state index in [0.717, 1.165) is 0 Å². The zero-order chi connectivity index (χ0) is 5.58. The molecule has 32 valence electrons. The molecule has 7 heavy (non-hydrogen) atoms. The Morgan fingerprint density at radius 1 is 1.57 bits per heavy atom. The second kappa shape index (κ2) is 15.6. The van der Waals surface area contributed by atoms with Crippen molar-refractivity contribution in [2.75, 3.05) is 0 Å². The van der Waals surface area contributed by atoms with E-state index < -0.39 is 6.16 Å². The van der Waals surface area contributed by atoms with Gasteiger partial charge in [0.25, 0.3) is 0 Å². The van der Waals surface area contributed by atoms with Crippen molar-refractivity contribution in [2.45, 2.75) is 0 Å². The van der Waals surface area contributed by atoms with Crippen LogP contribution in [0.2, 0.25) is 0 Å². The van der Waals surface area contributed by atoms with E-state index in [9.17, 15) is 0 Å². The summed E-state index contributed by atoms with van der Waals surface area (Å²) in [5, 5.41) is 15.3. The average Bonchev–Trinajstić information content (AvgIpc) is 1.41. The second-order valence-electron chi connectivity index (χ2n) is 0.266. The van der Waals surface area contributed by atoms with Crippen molar-refractivity contribution in [3.05, 3.63) is 0 Å². The van der Waals surface area contributed by atoms with Gasteiger partial charge in [0.1, 0.15) is 0 Å². The molecule has 0 bridgehead atoms. The molecule has 0 aliphatic rings. The van der Waals surface area contributed by atoms with Gasteiger partial charge in [-0.05, 0) is 0 Å². The van der Waals surface area contributed by atoms with Gasteiger partial charge in [0, 0.05) is 0 Å². The number of hydrogen-bond acceptors (Lipinski definition) is 3. The van der Waals surface area contributed by atoms with Crippen LogP contribution in [0.5, 0.6) is 0 Å². The fourth-order valence-corrected chi connectivity index (χ4v) is 0. The molecule has 0 aromatic carbocycles. The minimum absolute atomic E-state index is 0. The number of hydrogen-bond donors (Lipinski definition) is 1. The predicted molar refractivity (Wildman–Crippen MR) is 14.5 cm³/mol. The zero-order valence-corrected chi connectivity index (χ0v) is 8.42. The Morgan fingerprint density at radius 3 is 1.57 bits per heavy atom. The summed E-state index contributed by atoms with van der Waals surface area (Å²) in [6.07, 6.45) is -2.08. The van der Waals surface area contributed by atoms with Crippen molar-refractivity contribution < 1.29 is 69.6 Å². The van der Waals surface area contributed by atoms with Gasteiger partial charge in [-0.25, -0.2) is 0 Å². The molecule has 0 aromatic heterocycles. The quantitative estimate of drug-likeness (QED) is 0.344. The van der Waals surface area contributed by atoms with Crippen LogP contribution in [0.1, 0.15) is 0 Å². The Morgan fingerprint density at radius 2 is 1.57 bits per heavy atom. The normalized spacial score (nSPS) is 4.29. The Hall–Kier alpha value is 1.47. The molecule has 0 amide bonds. The van der Waals surface area contributed by atoms with Gasteiger partial charge in [-0.15, -0.1) is 0 Å². The van der Waals surface area contributed by atoms with Crippen LogP contribution < -0.4 is 56.5 Å². The monoisotopic (exact) mass is 140 g/mol. The molecule has 0 saturated carbocycles. The van der Waals surface area contributed by atoms with Crippen molar-refractivity contribution >= 4 is 27.8 Å². The van der Waals surface area contributed by atoms with Crippen molar-refractivity contribution in [1.29, 1.82) is 0 Å². The average molecular weight is 140 g/mol. The minimum atomic E-state index is -2.08. The summed E-state index contributed by atoms with van der Waals surface area (Å²) in [5.41, 5.74) is 0. The molecule has 6 heteroatoms. The van der Waals surface area contributed by atoms with Gasteiger partial charge < -0.3 is 15.0 Å². The second-order valence-corrected chi connectivity index (χ2v) is 0.266. The third-order valence-corrected chi connectivity index (χ3v) is 0. The van der Waals surface area contributed by atoms with Crippen LogP contribution in [0.4, 0.5) is 4.79 Å². The molecule has 0 aliphatic heterocycles. The van der Waals surface area contributed by atoms with Crippen LogP contribution in [0.25, 0.3) is 0 Å². The first-order valence-corrected chi connectivity index (χ1v) is 1.50. The van der Waals surface area contributed by atoms with Gasteiger partial charge in [-0.3, -0.25) is 0 Å². The maximum absolute atomic E-state index is 8.44. The van der Waals surface area contributed by atoms with Crippen molar-refractivity contribution in [3.63, 3.8) is 0 Å². The van der Waals surface area contributed by atoms with Crippen molar-refractivity contribution in [1.82, 2.24) is 0 Å². The van der Waals surface area contributed by atoms with Gasteiger partial charge in [0.2, 0.25) is 6.16 Å². The molecular formula is CHKMgO4. The van der Waals surface area contributed by atoms with E-state index in [2.05, 4.69) is 0 Å². The molecule has 0 fully saturated rings. The van der Waals surface area contributed by atoms with E-state index in [-0.39, 0.29) is 51.4 Å². The fourth-order valence-electron chi connectivity index (χ4n) is 0. The molecule has 0 radical (unpaired) electrons. The molecule has 0 aliphatic carbocycles. The van der Waals surface area contributed by atoms with Gasteiger partial charge >= 0.3 is 76.2 Å². The van der Waals surface area contributed by atoms with Gasteiger partial charge in [-0.1, -0.05) is 0 Å². The third kappa shape index (κ3) is 103. The predicted octanol–water partition coefficient (Wildman–Crippen LogP) is -4.61. The summed E-state index contributed by atoms with van der Waals surface area (Å²) in [5.74, 6) is 0. The molecular weight excluding hydrogens is 139 g/mol. The SMILES string of the molecule is O=C([O-])O.[K+].[O]=[Mg]. The molecule has 0 unspecified atom stereocenters. The Kier molecular flexibility index (Phi) is 35.3. The van der Waals surface area contributed by atoms with Gasteiger partial charge in [0.15, 0.2) is 0 Å². The van der Waals surface area contributed by atoms with E-state index in [1.54, 1.807) is 0 Å². The Labute approximate surface area is 95.5 Å². The number of carbonyl (C=O) groups is 1. The summed E-state index contributed by atoms with van der Waals surface area (Å²) in [7, 11) is 0. The van der Waals surface area contributed by atoms with E-state index in [4.69, 9.17) is 18.2 Å². The standard InChI is InChI=1S/CH2O3.K.Mg.O/c2-1(3)4;;;/h(H2,2,3,4);;;/q;+1;;/p-1. The van der Waals surface area contributed by atoms with Crippen LogP contribution >= 0.6 is 0 Å². The maximum atomic E-state index is 8.44. The summed E-state index contributed by atoms with van der Waals surface area (Å²) >= 11 is 0.611. The summed E-state index contributed by atoms with van der Waals surface area (Å²) in [4.78, 5) is 8.44. The molecule has 4 nitrogen and oxygen atoms in total. The summed E-state index contributed by atoms with van der Waals surface area (Å²) < 4.78 is 8.28. The van der Waals surface area contributed by atoms with Crippen molar-refractivity contribution in [3.8, 4) is 0 Å². The molecule has 0 aromatic rings. The zero-order valence-electron chi connectivity index (χ0n) is 3.88. The Bertz CT molecular complexity index is 43.0. The van der Waals surface area contributed by atoms with Gasteiger partial charge in [0.05, 0.1) is 0 Å². The molecule has 0 saturated heterocycles. The number of carboxylic acid groups (broad SMARTS) is 2. The summed E-state index contributed by atoms with van der Waals surface area (Å²) in [6.45, 7) is 0. The van der Waals surface area contributed by atoms with Crippen LogP contribution in [0, 0.1) is 0 Å². The molecule has 0 rings (SSSR count). The first-order valence-electron chi connectivity index (χ1n) is 0.921. The van der Waals surface area contributed by atoms with E-state index in [1.165, 1.54) is 0 Å². The molecule has 0 atom stereocenters. The van der Waals surface area contributed by atoms with Crippen LogP contribution in [-0.4, -0.2) is 33.0 Å². The molecule has 1 N–H and O–H groups in total. The fraction of sp³-hybridized carbons (Fsp3) is 0.